The van der Waals surface area contributed by atoms with Crippen LogP contribution in [0.3, 0.4) is 0 Å². The second-order valence-corrected chi connectivity index (χ2v) is 6.88. The van der Waals surface area contributed by atoms with E-state index in [1.807, 2.05) is 6.92 Å². The molecule has 1 aromatic heterocycles. The Morgan fingerprint density at radius 1 is 1.30 bits per heavy atom. The molecule has 3 fully saturated rings. The van der Waals surface area contributed by atoms with Crippen molar-refractivity contribution in [2.75, 3.05) is 6.54 Å². The summed E-state index contributed by atoms with van der Waals surface area (Å²) in [6.07, 6.45) is 6.08. The Labute approximate surface area is 119 Å². The summed E-state index contributed by atoms with van der Waals surface area (Å²) in [4.78, 5) is 14.9. The predicted octanol–water partition coefficient (Wildman–Crippen LogP) is 2.74. The number of amides is 1. The maximum absolute atomic E-state index is 12.8. The summed E-state index contributed by atoms with van der Waals surface area (Å²) in [6.45, 7) is 5.05. The van der Waals surface area contributed by atoms with Gasteiger partial charge in [-0.1, -0.05) is 0 Å². The Morgan fingerprint density at radius 3 is 2.75 bits per heavy atom. The molecule has 2 heterocycles. The third-order valence-electron chi connectivity index (χ3n) is 5.44. The fourth-order valence-electron chi connectivity index (χ4n) is 4.14. The zero-order valence-electron chi connectivity index (χ0n) is 12.4. The quantitative estimate of drug-likeness (QED) is 0.920. The molecule has 0 radical (unpaired) electrons. The van der Waals surface area contributed by atoms with Crippen molar-refractivity contribution in [2.45, 2.75) is 52.0 Å². The molecule has 0 bridgehead atoms. The molecule has 0 spiro atoms. The van der Waals surface area contributed by atoms with Gasteiger partial charge in [0.1, 0.15) is 0 Å². The van der Waals surface area contributed by atoms with E-state index in [1.165, 1.54) is 18.4 Å². The van der Waals surface area contributed by atoms with Crippen LogP contribution in [0.15, 0.2) is 0 Å². The number of nitrogens with zero attached hydrogens (tertiary/aromatic N) is 2. The lowest BCUT2D eigenvalue weighted by Crippen LogP contribution is -2.32. The van der Waals surface area contributed by atoms with Crippen LogP contribution in [-0.2, 0) is 4.79 Å². The van der Waals surface area contributed by atoms with Gasteiger partial charge in [-0.05, 0) is 57.8 Å². The van der Waals surface area contributed by atoms with Crippen molar-refractivity contribution < 1.29 is 4.79 Å². The Balaban J connectivity index is 1.54. The molecule has 2 saturated carbocycles. The van der Waals surface area contributed by atoms with E-state index in [1.54, 1.807) is 0 Å². The summed E-state index contributed by atoms with van der Waals surface area (Å²) in [5.74, 6) is 2.36. The molecule has 1 N–H and O–H groups in total. The van der Waals surface area contributed by atoms with E-state index >= 15 is 0 Å². The van der Waals surface area contributed by atoms with Crippen LogP contribution in [-0.4, -0.2) is 27.5 Å². The minimum Gasteiger partial charge on any atom is -0.335 e. The molecular weight excluding hydrogens is 250 g/mol. The highest BCUT2D eigenvalue weighted by Gasteiger charge is 2.53. The number of hydrogen-bond acceptors (Lipinski definition) is 2. The molecule has 3 aliphatic rings. The monoisotopic (exact) mass is 273 g/mol. The van der Waals surface area contributed by atoms with Crippen molar-refractivity contribution in [1.82, 2.24) is 15.1 Å². The fraction of sp³-hybridized carbons (Fsp3) is 0.750. The summed E-state index contributed by atoms with van der Waals surface area (Å²) >= 11 is 0. The molecule has 1 amide bonds. The molecule has 108 valence electrons. The minimum absolute atomic E-state index is 0.265. The van der Waals surface area contributed by atoms with Crippen LogP contribution in [0.5, 0.6) is 0 Å². The number of H-pyrrole nitrogens is 1. The van der Waals surface area contributed by atoms with Crippen molar-refractivity contribution in [3.63, 3.8) is 0 Å². The van der Waals surface area contributed by atoms with Crippen LogP contribution in [0.2, 0.25) is 0 Å². The summed E-state index contributed by atoms with van der Waals surface area (Å²) in [5.41, 5.74) is 3.45. The molecule has 1 saturated heterocycles. The molecule has 20 heavy (non-hydrogen) atoms. The third kappa shape index (κ3) is 1.88. The Morgan fingerprint density at radius 2 is 2.10 bits per heavy atom. The van der Waals surface area contributed by atoms with Gasteiger partial charge in [-0.2, -0.15) is 5.10 Å². The summed E-state index contributed by atoms with van der Waals surface area (Å²) in [6, 6.07) is 0.265. The van der Waals surface area contributed by atoms with E-state index in [0.717, 1.165) is 49.0 Å². The number of aromatic nitrogens is 2. The van der Waals surface area contributed by atoms with Gasteiger partial charge in [-0.25, -0.2) is 0 Å². The number of hydrogen-bond donors (Lipinski definition) is 1. The highest BCUT2D eigenvalue weighted by atomic mass is 16.2. The summed E-state index contributed by atoms with van der Waals surface area (Å²) in [5, 5.41) is 7.37. The average Bonchev–Trinajstić information content (AvgIpc) is 3.31. The van der Waals surface area contributed by atoms with Gasteiger partial charge in [0.15, 0.2) is 0 Å². The molecule has 4 nitrogen and oxygen atoms in total. The SMILES string of the molecule is Cc1n[nH]c(C)c1[C@@H]1CCCN1C(=O)[C@H]1C[C@H]1C1CC1. The minimum atomic E-state index is 0.265. The first-order valence-electron chi connectivity index (χ1n) is 7.98. The molecule has 0 aromatic carbocycles. The zero-order valence-corrected chi connectivity index (χ0v) is 12.4. The number of carbonyl (C=O) groups is 1. The van der Waals surface area contributed by atoms with Crippen molar-refractivity contribution in [3.05, 3.63) is 17.0 Å². The van der Waals surface area contributed by atoms with Crippen molar-refractivity contribution in [1.29, 1.82) is 0 Å². The number of nitrogens with one attached hydrogen (secondary N) is 1. The highest BCUT2D eigenvalue weighted by Crippen LogP contribution is 2.55. The molecule has 1 aromatic rings. The van der Waals surface area contributed by atoms with Gasteiger partial charge in [0.05, 0.1) is 11.7 Å². The first-order chi connectivity index (χ1) is 9.66. The topological polar surface area (TPSA) is 49.0 Å². The number of rotatable bonds is 3. The van der Waals surface area contributed by atoms with Crippen molar-refractivity contribution in [2.24, 2.45) is 17.8 Å². The highest BCUT2D eigenvalue weighted by molar-refractivity contribution is 5.82. The zero-order chi connectivity index (χ0) is 13.9. The Kier molecular flexibility index (Phi) is 2.69. The first-order valence-corrected chi connectivity index (χ1v) is 7.98. The lowest BCUT2D eigenvalue weighted by Gasteiger charge is -2.25. The standard InChI is InChI=1S/C16H23N3O/c1-9-15(10(2)18-17-9)14-4-3-7-19(14)16(20)13-8-12(13)11-5-6-11/h11-14H,3-8H2,1-2H3,(H,17,18)/t12-,13-,14-/m0/s1. The lowest BCUT2D eigenvalue weighted by molar-refractivity contribution is -0.133. The van der Waals surface area contributed by atoms with Crippen LogP contribution in [0.1, 0.15) is 55.1 Å². The fourth-order valence-corrected chi connectivity index (χ4v) is 4.14. The number of carbonyl (C=O) groups excluding carboxylic acids is 1. The van der Waals surface area contributed by atoms with Gasteiger partial charge in [0, 0.05) is 23.7 Å². The van der Waals surface area contributed by atoms with Gasteiger partial charge >= 0.3 is 0 Å². The maximum Gasteiger partial charge on any atom is 0.226 e. The average molecular weight is 273 g/mol. The molecular formula is C16H23N3O. The second kappa shape index (κ2) is 4.34. The Bertz CT molecular complexity index is 526. The van der Waals surface area contributed by atoms with Crippen LogP contribution in [0.25, 0.3) is 0 Å². The van der Waals surface area contributed by atoms with Crippen LogP contribution in [0.4, 0.5) is 0 Å². The van der Waals surface area contributed by atoms with Crippen LogP contribution >= 0.6 is 0 Å². The molecule has 3 atom stereocenters. The lowest BCUT2D eigenvalue weighted by atomic mass is 10.0. The van der Waals surface area contributed by atoms with E-state index in [9.17, 15) is 4.79 Å². The van der Waals surface area contributed by atoms with E-state index < -0.39 is 0 Å². The summed E-state index contributed by atoms with van der Waals surface area (Å²) in [7, 11) is 0. The molecule has 4 rings (SSSR count). The first kappa shape index (κ1) is 12.4. The van der Waals surface area contributed by atoms with E-state index in [4.69, 9.17) is 0 Å². The van der Waals surface area contributed by atoms with Gasteiger partial charge in [0.2, 0.25) is 5.91 Å². The largest absolute Gasteiger partial charge is 0.335 e. The maximum atomic E-state index is 12.8. The Hall–Kier alpha value is -1.32. The smallest absolute Gasteiger partial charge is 0.226 e. The van der Waals surface area contributed by atoms with Gasteiger partial charge in [-0.3, -0.25) is 9.89 Å². The van der Waals surface area contributed by atoms with Crippen LogP contribution in [0, 0.1) is 31.6 Å². The normalized spacial score (nSPS) is 32.7. The summed E-state index contributed by atoms with van der Waals surface area (Å²) < 4.78 is 0. The van der Waals surface area contributed by atoms with Crippen molar-refractivity contribution in [3.8, 4) is 0 Å². The van der Waals surface area contributed by atoms with E-state index in [0.29, 0.717) is 11.8 Å². The van der Waals surface area contributed by atoms with Gasteiger partial charge < -0.3 is 4.90 Å². The molecule has 4 heteroatoms. The van der Waals surface area contributed by atoms with Gasteiger partial charge in [-0.15, -0.1) is 0 Å². The number of likely N-dealkylation sites (tertiary alicyclic amines) is 1. The van der Waals surface area contributed by atoms with Crippen LogP contribution < -0.4 is 0 Å². The third-order valence-corrected chi connectivity index (χ3v) is 5.44. The van der Waals surface area contributed by atoms with Crippen molar-refractivity contribution >= 4 is 5.91 Å². The molecule has 1 aliphatic heterocycles. The number of aromatic amines is 1. The van der Waals surface area contributed by atoms with E-state index in [2.05, 4.69) is 22.0 Å². The molecule has 2 aliphatic carbocycles. The number of aryl methyl sites for hydroxylation is 2. The molecule has 0 unspecified atom stereocenters. The predicted molar refractivity (Wildman–Crippen MR) is 76.1 cm³/mol. The van der Waals surface area contributed by atoms with Gasteiger partial charge in [0.25, 0.3) is 0 Å². The second-order valence-electron chi connectivity index (χ2n) is 6.88. The van der Waals surface area contributed by atoms with E-state index in [-0.39, 0.29) is 6.04 Å².